The fraction of sp³-hybridized carbons (Fsp3) is 0.318. The molecule has 1 fully saturated rings. The number of benzene rings is 2. The number of hydrogen-bond donors (Lipinski definition) is 4. The van der Waals surface area contributed by atoms with Gasteiger partial charge >= 0.3 is 0 Å². The van der Waals surface area contributed by atoms with Crippen LogP contribution in [0.5, 0.6) is 0 Å². The number of nitrogens with one attached hydrogen (secondary N) is 3. The Hall–Kier alpha value is -2.70. The lowest BCUT2D eigenvalue weighted by molar-refractivity contribution is -0.109. The first-order valence-electron chi connectivity index (χ1n) is 9.55. The van der Waals surface area contributed by atoms with E-state index in [0.29, 0.717) is 12.0 Å². The zero-order valence-corrected chi connectivity index (χ0v) is 16.0. The van der Waals surface area contributed by atoms with Gasteiger partial charge in [0, 0.05) is 23.8 Å². The lowest BCUT2D eigenvalue weighted by atomic mass is 10.0. The summed E-state index contributed by atoms with van der Waals surface area (Å²) in [6.07, 6.45) is 1.81. The van der Waals surface area contributed by atoms with Crippen LogP contribution in [-0.2, 0) is 4.79 Å². The Morgan fingerprint density at radius 2 is 1.93 bits per heavy atom. The van der Waals surface area contributed by atoms with Crippen molar-refractivity contribution in [2.24, 2.45) is 11.7 Å². The molecule has 0 radical (unpaired) electrons. The zero-order chi connectivity index (χ0) is 19.9. The molecule has 28 heavy (non-hydrogen) atoms. The van der Waals surface area contributed by atoms with E-state index >= 15 is 0 Å². The Morgan fingerprint density at radius 3 is 2.61 bits per heavy atom. The first-order chi connectivity index (χ1) is 13.6. The Morgan fingerprint density at radius 1 is 1.18 bits per heavy atom. The number of hydrogen-bond acceptors (Lipinski definition) is 3. The third-order valence-electron chi connectivity index (χ3n) is 5.03. The highest BCUT2D eigenvalue weighted by Gasteiger charge is 2.21. The molecule has 0 aliphatic carbocycles. The number of aromatic amines is 1. The summed E-state index contributed by atoms with van der Waals surface area (Å²) in [5, 5.41) is 7.14. The van der Waals surface area contributed by atoms with Crippen LogP contribution in [0.2, 0.25) is 0 Å². The SMILES string of the molecule is Cc1cc2ccc(-c3ccc(F)cc3)cc2[nH]1.NCC1CNC(CNC=O)C1. The van der Waals surface area contributed by atoms with E-state index in [1.54, 1.807) is 12.1 Å². The molecule has 1 saturated heterocycles. The third-order valence-corrected chi connectivity index (χ3v) is 5.03. The molecule has 4 rings (SSSR count). The molecule has 6 heteroatoms. The summed E-state index contributed by atoms with van der Waals surface area (Å²) in [5.74, 6) is 0.388. The molecule has 1 amide bonds. The highest BCUT2D eigenvalue weighted by molar-refractivity contribution is 5.85. The summed E-state index contributed by atoms with van der Waals surface area (Å²) in [7, 11) is 0. The van der Waals surface area contributed by atoms with Crippen molar-refractivity contribution in [2.75, 3.05) is 19.6 Å². The number of fused-ring (bicyclic) bond motifs is 1. The molecule has 5 N–H and O–H groups in total. The van der Waals surface area contributed by atoms with Crippen LogP contribution in [0.3, 0.4) is 0 Å². The van der Waals surface area contributed by atoms with Gasteiger partial charge in [0.2, 0.25) is 6.41 Å². The highest BCUT2D eigenvalue weighted by atomic mass is 19.1. The summed E-state index contributed by atoms with van der Waals surface area (Å²) >= 11 is 0. The number of amides is 1. The van der Waals surface area contributed by atoms with Gasteiger partial charge in [0.1, 0.15) is 5.82 Å². The molecule has 5 nitrogen and oxygen atoms in total. The van der Waals surface area contributed by atoms with E-state index in [9.17, 15) is 9.18 Å². The maximum absolute atomic E-state index is 12.9. The van der Waals surface area contributed by atoms with Gasteiger partial charge in [0.25, 0.3) is 0 Å². The minimum Gasteiger partial charge on any atom is -0.359 e. The number of H-pyrrole nitrogens is 1. The van der Waals surface area contributed by atoms with Gasteiger partial charge < -0.3 is 21.4 Å². The molecule has 0 bridgehead atoms. The van der Waals surface area contributed by atoms with Crippen LogP contribution in [-0.4, -0.2) is 37.1 Å². The molecule has 2 unspecified atom stereocenters. The largest absolute Gasteiger partial charge is 0.359 e. The molecular formula is C22H27FN4O. The summed E-state index contributed by atoms with van der Waals surface area (Å²) in [5.41, 5.74) is 9.88. The average Bonchev–Trinajstić information content (AvgIpc) is 3.32. The second-order valence-corrected chi connectivity index (χ2v) is 7.23. The predicted molar refractivity (Wildman–Crippen MR) is 111 cm³/mol. The topological polar surface area (TPSA) is 82.9 Å². The number of aryl methyl sites for hydroxylation is 1. The Kier molecular flexibility index (Phi) is 6.79. The monoisotopic (exact) mass is 382 g/mol. The van der Waals surface area contributed by atoms with E-state index in [1.165, 1.54) is 17.5 Å². The van der Waals surface area contributed by atoms with Crippen LogP contribution in [0.1, 0.15) is 12.1 Å². The van der Waals surface area contributed by atoms with Crippen molar-refractivity contribution in [1.29, 1.82) is 0 Å². The van der Waals surface area contributed by atoms with Crippen molar-refractivity contribution < 1.29 is 9.18 Å². The first-order valence-corrected chi connectivity index (χ1v) is 9.55. The van der Waals surface area contributed by atoms with E-state index in [2.05, 4.69) is 39.9 Å². The van der Waals surface area contributed by atoms with E-state index in [4.69, 9.17) is 5.73 Å². The molecule has 0 saturated carbocycles. The molecule has 2 aromatic carbocycles. The molecule has 1 aliphatic rings. The summed E-state index contributed by atoms with van der Waals surface area (Å²) in [4.78, 5) is 13.3. The molecule has 2 heterocycles. The van der Waals surface area contributed by atoms with Crippen LogP contribution < -0.4 is 16.4 Å². The lowest BCUT2D eigenvalue weighted by Crippen LogP contribution is -2.33. The number of carbonyl (C=O) groups is 1. The average molecular weight is 382 g/mol. The number of nitrogens with two attached hydrogens (primary N) is 1. The lowest BCUT2D eigenvalue weighted by Gasteiger charge is -2.07. The summed E-state index contributed by atoms with van der Waals surface area (Å²) < 4.78 is 12.9. The van der Waals surface area contributed by atoms with Crippen molar-refractivity contribution in [2.45, 2.75) is 19.4 Å². The quantitative estimate of drug-likeness (QED) is 0.512. The maximum Gasteiger partial charge on any atom is 0.207 e. The van der Waals surface area contributed by atoms with Crippen molar-refractivity contribution in [3.8, 4) is 11.1 Å². The molecule has 148 valence electrons. The van der Waals surface area contributed by atoms with Gasteiger partial charge in [-0.1, -0.05) is 24.3 Å². The number of carbonyl (C=O) groups excluding carboxylic acids is 1. The van der Waals surface area contributed by atoms with Crippen LogP contribution in [0.25, 0.3) is 22.0 Å². The van der Waals surface area contributed by atoms with E-state index in [-0.39, 0.29) is 5.82 Å². The molecule has 0 spiro atoms. The Balaban J connectivity index is 0.000000178. The fourth-order valence-electron chi connectivity index (χ4n) is 3.52. The normalized spacial score (nSPS) is 18.5. The predicted octanol–water partition coefficient (Wildman–Crippen LogP) is 2.95. The fourth-order valence-corrected chi connectivity index (χ4v) is 3.52. The third kappa shape index (κ3) is 5.18. The number of aromatic nitrogens is 1. The molecule has 1 aliphatic heterocycles. The van der Waals surface area contributed by atoms with E-state index < -0.39 is 0 Å². The minimum atomic E-state index is -0.203. The van der Waals surface area contributed by atoms with Gasteiger partial charge in [-0.15, -0.1) is 0 Å². The van der Waals surface area contributed by atoms with Crippen LogP contribution in [0.15, 0.2) is 48.5 Å². The molecule has 2 atom stereocenters. The maximum atomic E-state index is 12.9. The van der Waals surface area contributed by atoms with Crippen LogP contribution in [0.4, 0.5) is 4.39 Å². The van der Waals surface area contributed by atoms with Crippen LogP contribution in [0, 0.1) is 18.7 Å². The van der Waals surface area contributed by atoms with E-state index in [0.717, 1.165) is 54.8 Å². The second kappa shape index (κ2) is 9.48. The van der Waals surface area contributed by atoms with Gasteiger partial charge in [-0.3, -0.25) is 4.79 Å². The van der Waals surface area contributed by atoms with Gasteiger partial charge in [-0.05, 0) is 73.1 Å². The summed E-state index contributed by atoms with van der Waals surface area (Å²) in [6.45, 7) is 4.49. The van der Waals surface area contributed by atoms with Crippen molar-refractivity contribution in [3.05, 3.63) is 60.0 Å². The molecule has 1 aromatic heterocycles. The molecular weight excluding hydrogens is 355 g/mol. The van der Waals surface area contributed by atoms with E-state index in [1.807, 2.05) is 6.92 Å². The van der Waals surface area contributed by atoms with Gasteiger partial charge in [-0.2, -0.15) is 0 Å². The summed E-state index contributed by atoms with van der Waals surface area (Å²) in [6, 6.07) is 15.3. The minimum absolute atomic E-state index is 0.203. The smallest absolute Gasteiger partial charge is 0.207 e. The standard InChI is InChI=1S/C15H12FN.C7H15N3O/c1-10-8-13-3-2-12(9-15(13)17-10)11-4-6-14(16)7-5-11;8-2-6-1-7(10-3-6)4-9-5-11/h2-9,17H,1H3;5-7,10H,1-4,8H2,(H,9,11). The van der Waals surface area contributed by atoms with Gasteiger partial charge in [0.15, 0.2) is 0 Å². The van der Waals surface area contributed by atoms with Gasteiger partial charge in [-0.25, -0.2) is 4.39 Å². The van der Waals surface area contributed by atoms with Gasteiger partial charge in [0.05, 0.1) is 0 Å². The van der Waals surface area contributed by atoms with Crippen LogP contribution >= 0.6 is 0 Å². The number of halogens is 1. The second-order valence-electron chi connectivity index (χ2n) is 7.23. The Labute approximate surface area is 164 Å². The Bertz CT molecular complexity index is 907. The number of rotatable bonds is 5. The highest BCUT2D eigenvalue weighted by Crippen LogP contribution is 2.24. The van der Waals surface area contributed by atoms with Crippen molar-refractivity contribution >= 4 is 17.3 Å². The van der Waals surface area contributed by atoms with Crippen molar-refractivity contribution in [1.82, 2.24) is 15.6 Å². The molecule has 3 aromatic rings. The first kappa shape index (κ1) is 20.0. The zero-order valence-electron chi connectivity index (χ0n) is 16.0. The van der Waals surface area contributed by atoms with Crippen molar-refractivity contribution in [3.63, 3.8) is 0 Å².